The predicted octanol–water partition coefficient (Wildman–Crippen LogP) is -0.495. The number of nitrogens with one attached hydrogen (secondary N) is 1. The number of likely N-dealkylation sites (tertiary alicyclic amines) is 1. The molecule has 6 heteroatoms. The van der Waals surface area contributed by atoms with Crippen molar-refractivity contribution in [2.24, 2.45) is 0 Å². The van der Waals surface area contributed by atoms with E-state index in [9.17, 15) is 9.59 Å². The second-order valence-electron chi connectivity index (χ2n) is 6.48. The molecule has 3 fully saturated rings. The molecule has 118 valence electrons. The second kappa shape index (κ2) is 6.75. The SMILES string of the molecule is O=C(CN1CCN(C(=O)CN2CCCC2)CC1)NC1CC1. The van der Waals surface area contributed by atoms with Crippen LogP contribution < -0.4 is 5.32 Å². The van der Waals surface area contributed by atoms with Gasteiger partial charge in [0.2, 0.25) is 11.8 Å². The maximum absolute atomic E-state index is 12.2. The van der Waals surface area contributed by atoms with E-state index in [0.29, 0.717) is 19.1 Å². The lowest BCUT2D eigenvalue weighted by Gasteiger charge is -2.35. The summed E-state index contributed by atoms with van der Waals surface area (Å²) in [6.07, 6.45) is 4.70. The summed E-state index contributed by atoms with van der Waals surface area (Å²) in [6, 6.07) is 0.431. The molecular formula is C15H26N4O2. The van der Waals surface area contributed by atoms with E-state index in [1.54, 1.807) is 0 Å². The Bertz CT molecular complexity index is 383. The third-order valence-corrected chi connectivity index (χ3v) is 4.59. The van der Waals surface area contributed by atoms with Crippen molar-refractivity contribution in [3.8, 4) is 0 Å². The Morgan fingerprint density at radius 3 is 2.10 bits per heavy atom. The first kappa shape index (κ1) is 14.8. The molecule has 0 bridgehead atoms. The van der Waals surface area contributed by atoms with Crippen LogP contribution in [0.25, 0.3) is 0 Å². The van der Waals surface area contributed by atoms with Gasteiger partial charge < -0.3 is 10.2 Å². The Labute approximate surface area is 126 Å². The van der Waals surface area contributed by atoms with Gasteiger partial charge in [0.25, 0.3) is 0 Å². The maximum Gasteiger partial charge on any atom is 0.236 e. The van der Waals surface area contributed by atoms with Gasteiger partial charge in [0.15, 0.2) is 0 Å². The van der Waals surface area contributed by atoms with E-state index in [1.165, 1.54) is 12.8 Å². The first-order valence-electron chi connectivity index (χ1n) is 8.22. The third-order valence-electron chi connectivity index (χ3n) is 4.59. The van der Waals surface area contributed by atoms with Crippen LogP contribution in [0.15, 0.2) is 0 Å². The highest BCUT2D eigenvalue weighted by Crippen LogP contribution is 2.18. The van der Waals surface area contributed by atoms with Crippen molar-refractivity contribution >= 4 is 11.8 Å². The van der Waals surface area contributed by atoms with Crippen molar-refractivity contribution in [2.75, 3.05) is 52.4 Å². The van der Waals surface area contributed by atoms with Gasteiger partial charge in [-0.05, 0) is 38.8 Å². The quantitative estimate of drug-likeness (QED) is 0.743. The van der Waals surface area contributed by atoms with Gasteiger partial charge in [-0.1, -0.05) is 0 Å². The number of carbonyl (C=O) groups is 2. The molecule has 0 spiro atoms. The Kier molecular flexibility index (Phi) is 4.75. The van der Waals surface area contributed by atoms with Gasteiger partial charge in [0, 0.05) is 32.2 Å². The second-order valence-corrected chi connectivity index (χ2v) is 6.48. The molecule has 1 N–H and O–H groups in total. The molecule has 1 aliphatic carbocycles. The zero-order valence-electron chi connectivity index (χ0n) is 12.7. The minimum atomic E-state index is 0.134. The first-order valence-corrected chi connectivity index (χ1v) is 8.22. The van der Waals surface area contributed by atoms with E-state index in [2.05, 4.69) is 15.1 Å². The molecule has 21 heavy (non-hydrogen) atoms. The Morgan fingerprint density at radius 2 is 1.48 bits per heavy atom. The number of carbonyl (C=O) groups excluding carboxylic acids is 2. The lowest BCUT2D eigenvalue weighted by Crippen LogP contribution is -2.52. The third kappa shape index (κ3) is 4.41. The number of amides is 2. The van der Waals surface area contributed by atoms with Crippen LogP contribution in [-0.2, 0) is 9.59 Å². The Hall–Kier alpha value is -1.14. The lowest BCUT2D eigenvalue weighted by atomic mass is 10.3. The highest BCUT2D eigenvalue weighted by atomic mass is 16.2. The van der Waals surface area contributed by atoms with Crippen LogP contribution in [0.4, 0.5) is 0 Å². The number of piperazine rings is 1. The molecule has 2 heterocycles. The molecule has 0 radical (unpaired) electrons. The highest BCUT2D eigenvalue weighted by Gasteiger charge is 2.27. The maximum atomic E-state index is 12.2. The molecule has 0 aromatic carbocycles. The van der Waals surface area contributed by atoms with Gasteiger partial charge in [0.1, 0.15) is 0 Å². The minimum Gasteiger partial charge on any atom is -0.352 e. The summed E-state index contributed by atoms with van der Waals surface area (Å²) in [5.41, 5.74) is 0. The summed E-state index contributed by atoms with van der Waals surface area (Å²) in [5.74, 6) is 0.383. The van der Waals surface area contributed by atoms with Crippen molar-refractivity contribution in [1.29, 1.82) is 0 Å². The van der Waals surface area contributed by atoms with Gasteiger partial charge in [-0.15, -0.1) is 0 Å². The van der Waals surface area contributed by atoms with Crippen LogP contribution in [0.1, 0.15) is 25.7 Å². The minimum absolute atomic E-state index is 0.134. The fourth-order valence-corrected chi connectivity index (χ4v) is 3.09. The molecule has 2 saturated heterocycles. The molecule has 1 saturated carbocycles. The van der Waals surface area contributed by atoms with E-state index in [1.807, 2.05) is 4.90 Å². The standard InChI is InChI=1S/C15H26N4O2/c20-14(16-13-3-4-13)11-18-7-9-19(10-8-18)15(21)12-17-5-1-2-6-17/h13H,1-12H2,(H,16,20). The van der Waals surface area contributed by atoms with Gasteiger partial charge in [-0.25, -0.2) is 0 Å². The summed E-state index contributed by atoms with van der Waals surface area (Å²) in [6.45, 7) is 6.30. The van der Waals surface area contributed by atoms with E-state index in [-0.39, 0.29) is 11.8 Å². The van der Waals surface area contributed by atoms with E-state index in [0.717, 1.165) is 52.1 Å². The average molecular weight is 294 g/mol. The van der Waals surface area contributed by atoms with Gasteiger partial charge in [-0.3, -0.25) is 19.4 Å². The average Bonchev–Trinajstić information content (AvgIpc) is 3.13. The normalized spacial score (nSPS) is 24.3. The van der Waals surface area contributed by atoms with Crippen molar-refractivity contribution in [3.05, 3.63) is 0 Å². The van der Waals surface area contributed by atoms with Crippen molar-refractivity contribution < 1.29 is 9.59 Å². The molecule has 0 aromatic rings. The first-order chi connectivity index (χ1) is 10.2. The topological polar surface area (TPSA) is 55.9 Å². The predicted molar refractivity (Wildman–Crippen MR) is 79.9 cm³/mol. The van der Waals surface area contributed by atoms with Crippen LogP contribution in [0.3, 0.4) is 0 Å². The summed E-state index contributed by atoms with van der Waals surface area (Å²) in [5, 5.41) is 3.02. The van der Waals surface area contributed by atoms with E-state index in [4.69, 9.17) is 0 Å². The van der Waals surface area contributed by atoms with Gasteiger partial charge in [-0.2, -0.15) is 0 Å². The molecule has 6 nitrogen and oxygen atoms in total. The summed E-state index contributed by atoms with van der Waals surface area (Å²) < 4.78 is 0. The van der Waals surface area contributed by atoms with E-state index >= 15 is 0 Å². The lowest BCUT2D eigenvalue weighted by molar-refractivity contribution is -0.134. The molecule has 2 amide bonds. The summed E-state index contributed by atoms with van der Waals surface area (Å²) in [4.78, 5) is 30.3. The van der Waals surface area contributed by atoms with Crippen LogP contribution in [0.5, 0.6) is 0 Å². The molecule has 0 atom stereocenters. The number of hydrogen-bond acceptors (Lipinski definition) is 4. The van der Waals surface area contributed by atoms with Crippen LogP contribution in [0, 0.1) is 0 Å². The molecular weight excluding hydrogens is 268 g/mol. The monoisotopic (exact) mass is 294 g/mol. The van der Waals surface area contributed by atoms with Crippen molar-refractivity contribution in [2.45, 2.75) is 31.7 Å². The van der Waals surface area contributed by atoms with Crippen molar-refractivity contribution in [1.82, 2.24) is 20.0 Å². The van der Waals surface area contributed by atoms with Gasteiger partial charge in [0.05, 0.1) is 13.1 Å². The summed E-state index contributed by atoms with van der Waals surface area (Å²) >= 11 is 0. The molecule has 0 unspecified atom stereocenters. The number of nitrogens with zero attached hydrogens (tertiary/aromatic N) is 3. The number of hydrogen-bond donors (Lipinski definition) is 1. The molecule has 2 aliphatic heterocycles. The molecule has 0 aromatic heterocycles. The Morgan fingerprint density at radius 1 is 0.857 bits per heavy atom. The van der Waals surface area contributed by atoms with Crippen LogP contribution in [0.2, 0.25) is 0 Å². The smallest absolute Gasteiger partial charge is 0.236 e. The number of rotatable bonds is 5. The molecule has 3 rings (SSSR count). The van der Waals surface area contributed by atoms with E-state index < -0.39 is 0 Å². The highest BCUT2D eigenvalue weighted by molar-refractivity contribution is 5.79. The zero-order chi connectivity index (χ0) is 14.7. The fourth-order valence-electron chi connectivity index (χ4n) is 3.09. The van der Waals surface area contributed by atoms with Crippen LogP contribution in [-0.4, -0.2) is 84.9 Å². The summed E-state index contributed by atoms with van der Waals surface area (Å²) in [7, 11) is 0. The van der Waals surface area contributed by atoms with Crippen molar-refractivity contribution in [3.63, 3.8) is 0 Å². The Balaban J connectivity index is 1.35. The van der Waals surface area contributed by atoms with Gasteiger partial charge >= 0.3 is 0 Å². The largest absolute Gasteiger partial charge is 0.352 e. The fraction of sp³-hybridized carbons (Fsp3) is 0.867. The zero-order valence-corrected chi connectivity index (χ0v) is 12.7. The van der Waals surface area contributed by atoms with Crippen LogP contribution >= 0.6 is 0 Å². The molecule has 3 aliphatic rings.